The third-order valence-electron chi connectivity index (χ3n) is 3.80. The zero-order chi connectivity index (χ0) is 22.8. The van der Waals surface area contributed by atoms with Gasteiger partial charge in [-0.3, -0.25) is 4.79 Å². The lowest BCUT2D eigenvalue weighted by molar-refractivity contribution is -0.123. The normalized spacial score (nSPS) is 9.87. The molecule has 0 saturated heterocycles. The Kier molecular flexibility index (Phi) is 16.3. The van der Waals surface area contributed by atoms with Crippen molar-refractivity contribution in [3.05, 3.63) is 64.7 Å². The third-order valence-corrected chi connectivity index (χ3v) is 3.80. The van der Waals surface area contributed by atoms with E-state index in [0.717, 1.165) is 36.4 Å². The van der Waals surface area contributed by atoms with Gasteiger partial charge in [0.15, 0.2) is 6.29 Å². The molecule has 0 saturated carbocycles. The van der Waals surface area contributed by atoms with Crippen molar-refractivity contribution in [2.24, 2.45) is 0 Å². The second kappa shape index (κ2) is 17.6. The monoisotopic (exact) mass is 420 g/mol. The Labute approximate surface area is 180 Å². The smallest absolute Gasteiger partial charge is 0.154 e. The number of ether oxygens (including phenoxy) is 3. The van der Waals surface area contributed by atoms with Gasteiger partial charge >= 0.3 is 0 Å². The van der Waals surface area contributed by atoms with Crippen molar-refractivity contribution in [3.63, 3.8) is 0 Å². The Morgan fingerprint density at radius 3 is 2.07 bits per heavy atom. The second-order valence-corrected chi connectivity index (χ2v) is 6.30. The first kappa shape index (κ1) is 27.8. The summed E-state index contributed by atoms with van der Waals surface area (Å²) in [6.07, 6.45) is 0.825. The molecule has 6 nitrogen and oxygen atoms in total. The molecule has 0 amide bonds. The SMILES string of the molecule is CCOC(C)OCC.Cc1ccc(OCc2ccccc2C=O)c(C)c1.OCCO. The van der Waals surface area contributed by atoms with Gasteiger partial charge in [0, 0.05) is 18.8 Å². The molecule has 2 aromatic carbocycles. The van der Waals surface area contributed by atoms with Crippen molar-refractivity contribution in [1.29, 1.82) is 0 Å². The number of aliphatic hydroxyl groups is 2. The average molecular weight is 421 g/mol. The molecule has 0 atom stereocenters. The van der Waals surface area contributed by atoms with E-state index in [1.807, 2.05) is 58.0 Å². The van der Waals surface area contributed by atoms with Crippen molar-refractivity contribution in [1.82, 2.24) is 0 Å². The molecular formula is C24H36O6. The predicted octanol–water partition coefficient (Wildman–Crippen LogP) is 4.07. The minimum absolute atomic E-state index is 0.0370. The van der Waals surface area contributed by atoms with Crippen molar-refractivity contribution in [3.8, 4) is 5.75 Å². The Morgan fingerprint density at radius 2 is 1.57 bits per heavy atom. The highest BCUT2D eigenvalue weighted by molar-refractivity contribution is 5.77. The first-order valence-corrected chi connectivity index (χ1v) is 10.1. The summed E-state index contributed by atoms with van der Waals surface area (Å²) in [5.41, 5.74) is 3.92. The van der Waals surface area contributed by atoms with Crippen LogP contribution in [0.15, 0.2) is 42.5 Å². The van der Waals surface area contributed by atoms with Crippen LogP contribution in [0.1, 0.15) is 47.8 Å². The summed E-state index contributed by atoms with van der Waals surface area (Å²) in [5, 5.41) is 15.2. The lowest BCUT2D eigenvalue weighted by atomic mass is 10.1. The van der Waals surface area contributed by atoms with Crippen LogP contribution in [0.4, 0.5) is 0 Å². The molecular weight excluding hydrogens is 384 g/mol. The van der Waals surface area contributed by atoms with E-state index in [2.05, 4.69) is 13.0 Å². The summed E-state index contributed by atoms with van der Waals surface area (Å²) in [6, 6.07) is 13.5. The summed E-state index contributed by atoms with van der Waals surface area (Å²) in [4.78, 5) is 10.9. The average Bonchev–Trinajstić information content (AvgIpc) is 2.74. The Balaban J connectivity index is 0.000000585. The fourth-order valence-electron chi connectivity index (χ4n) is 2.41. The van der Waals surface area contributed by atoms with E-state index in [1.54, 1.807) is 6.07 Å². The predicted molar refractivity (Wildman–Crippen MR) is 119 cm³/mol. The topological polar surface area (TPSA) is 85.2 Å². The summed E-state index contributed by atoms with van der Waals surface area (Å²) < 4.78 is 15.9. The first-order valence-electron chi connectivity index (χ1n) is 10.1. The fraction of sp³-hybridized carbons (Fsp3) is 0.458. The maximum absolute atomic E-state index is 10.9. The minimum Gasteiger partial charge on any atom is -0.489 e. The van der Waals surface area contributed by atoms with E-state index in [-0.39, 0.29) is 19.5 Å². The lowest BCUT2D eigenvalue weighted by Gasteiger charge is -2.10. The molecule has 0 aromatic heterocycles. The molecule has 0 aliphatic carbocycles. The quantitative estimate of drug-likeness (QED) is 0.470. The zero-order valence-corrected chi connectivity index (χ0v) is 18.8. The van der Waals surface area contributed by atoms with Crippen LogP contribution in [0.2, 0.25) is 0 Å². The number of carbonyl (C=O) groups excluding carboxylic acids is 1. The van der Waals surface area contributed by atoms with Gasteiger partial charge in [-0.2, -0.15) is 0 Å². The van der Waals surface area contributed by atoms with Crippen LogP contribution in [0.3, 0.4) is 0 Å². The molecule has 0 bridgehead atoms. The standard InChI is InChI=1S/C16H16O2.C6H14O2.C2H6O2/c1-12-7-8-16(13(2)9-12)18-11-15-6-4-3-5-14(15)10-17;1-4-7-6(3)8-5-2;3-1-2-4/h3-10H,11H2,1-2H3;6H,4-5H2,1-3H3;3-4H,1-2H2. The van der Waals surface area contributed by atoms with Crippen LogP contribution in [0, 0.1) is 13.8 Å². The number of benzene rings is 2. The van der Waals surface area contributed by atoms with Gasteiger partial charge in [-0.1, -0.05) is 42.0 Å². The summed E-state index contributed by atoms with van der Waals surface area (Å²) in [6.45, 7) is 11.5. The van der Waals surface area contributed by atoms with Crippen LogP contribution >= 0.6 is 0 Å². The van der Waals surface area contributed by atoms with Crippen LogP contribution in [-0.2, 0) is 16.1 Å². The molecule has 0 aliphatic heterocycles. The number of aryl methyl sites for hydroxylation is 2. The van der Waals surface area contributed by atoms with Gasteiger partial charge in [-0.25, -0.2) is 0 Å². The number of hydrogen-bond donors (Lipinski definition) is 2. The highest BCUT2D eigenvalue weighted by atomic mass is 16.7. The maximum atomic E-state index is 10.9. The molecule has 0 radical (unpaired) electrons. The molecule has 2 rings (SSSR count). The summed E-state index contributed by atoms with van der Waals surface area (Å²) in [7, 11) is 0. The van der Waals surface area contributed by atoms with Crippen molar-refractivity contribution >= 4 is 6.29 Å². The van der Waals surface area contributed by atoms with Gasteiger partial charge in [-0.15, -0.1) is 0 Å². The van der Waals surface area contributed by atoms with Crippen molar-refractivity contribution in [2.75, 3.05) is 26.4 Å². The van der Waals surface area contributed by atoms with Crippen LogP contribution in [0.5, 0.6) is 5.75 Å². The molecule has 0 heterocycles. The van der Waals surface area contributed by atoms with E-state index in [1.165, 1.54) is 5.56 Å². The minimum atomic E-state index is -0.125. The Bertz CT molecular complexity index is 694. The van der Waals surface area contributed by atoms with Gasteiger partial charge in [0.1, 0.15) is 18.6 Å². The lowest BCUT2D eigenvalue weighted by Crippen LogP contribution is -2.11. The Morgan fingerprint density at radius 1 is 0.967 bits per heavy atom. The first-order chi connectivity index (χ1) is 14.4. The van der Waals surface area contributed by atoms with Crippen LogP contribution < -0.4 is 4.74 Å². The highest BCUT2D eigenvalue weighted by Gasteiger charge is 2.03. The van der Waals surface area contributed by atoms with E-state index < -0.39 is 0 Å². The Hall–Kier alpha value is -2.25. The number of aldehydes is 1. The summed E-state index contributed by atoms with van der Waals surface area (Å²) in [5.74, 6) is 0.862. The van der Waals surface area contributed by atoms with Crippen LogP contribution in [0.25, 0.3) is 0 Å². The van der Waals surface area contributed by atoms with Crippen molar-refractivity contribution in [2.45, 2.75) is 47.5 Å². The number of carbonyl (C=O) groups is 1. The van der Waals surface area contributed by atoms with Crippen LogP contribution in [-0.4, -0.2) is 49.2 Å². The molecule has 2 N–H and O–H groups in total. The molecule has 168 valence electrons. The maximum Gasteiger partial charge on any atom is 0.154 e. The van der Waals surface area contributed by atoms with E-state index >= 15 is 0 Å². The molecule has 0 spiro atoms. The van der Waals surface area contributed by atoms with Gasteiger partial charge in [0.05, 0.1) is 13.2 Å². The van der Waals surface area contributed by atoms with Gasteiger partial charge in [0.2, 0.25) is 0 Å². The zero-order valence-electron chi connectivity index (χ0n) is 18.8. The molecule has 30 heavy (non-hydrogen) atoms. The van der Waals surface area contributed by atoms with E-state index in [9.17, 15) is 4.79 Å². The van der Waals surface area contributed by atoms with Crippen molar-refractivity contribution < 1.29 is 29.2 Å². The third kappa shape index (κ3) is 12.3. The summed E-state index contributed by atoms with van der Waals surface area (Å²) >= 11 is 0. The number of aliphatic hydroxyl groups excluding tert-OH is 2. The highest BCUT2D eigenvalue weighted by Crippen LogP contribution is 2.20. The van der Waals surface area contributed by atoms with Gasteiger partial charge < -0.3 is 24.4 Å². The molecule has 0 fully saturated rings. The van der Waals surface area contributed by atoms with Gasteiger partial charge in [-0.05, 0) is 51.8 Å². The van der Waals surface area contributed by atoms with E-state index in [0.29, 0.717) is 12.2 Å². The molecule has 2 aromatic rings. The molecule has 0 unspecified atom stereocenters. The fourth-order valence-corrected chi connectivity index (χ4v) is 2.41. The number of hydrogen-bond acceptors (Lipinski definition) is 6. The van der Waals surface area contributed by atoms with Gasteiger partial charge in [0.25, 0.3) is 0 Å². The number of rotatable bonds is 9. The molecule has 0 aliphatic rings. The van der Waals surface area contributed by atoms with E-state index in [4.69, 9.17) is 24.4 Å². The largest absolute Gasteiger partial charge is 0.489 e. The second-order valence-electron chi connectivity index (χ2n) is 6.30. The molecule has 6 heteroatoms.